The normalized spacial score (nSPS) is 23.4. The molecule has 1 aliphatic heterocycles. The maximum absolute atomic E-state index is 13.6. The molecular weight excluding hydrogens is 542 g/mol. The number of carbonyl (C=O) groups is 1. The lowest BCUT2D eigenvalue weighted by Crippen LogP contribution is -2.40. The van der Waals surface area contributed by atoms with Crippen LogP contribution in [0, 0.1) is 29.6 Å². The number of hydrogen-bond acceptors (Lipinski definition) is 9. The van der Waals surface area contributed by atoms with Gasteiger partial charge in [-0.25, -0.2) is 23.4 Å². The van der Waals surface area contributed by atoms with Crippen molar-refractivity contribution in [1.29, 1.82) is 5.26 Å². The fourth-order valence-electron chi connectivity index (χ4n) is 6.06. The van der Waals surface area contributed by atoms with Crippen LogP contribution in [0.2, 0.25) is 0 Å². The van der Waals surface area contributed by atoms with Crippen molar-refractivity contribution in [3.8, 4) is 27.2 Å². The Morgan fingerprint density at radius 3 is 2.50 bits per heavy atom. The average Bonchev–Trinajstić information content (AvgIpc) is 3.59. The molecule has 0 bridgehead atoms. The summed E-state index contributed by atoms with van der Waals surface area (Å²) < 4.78 is 23.8. The molecule has 10 heteroatoms. The Kier molecular flexibility index (Phi) is 7.21. The minimum atomic E-state index is -2.95. The van der Waals surface area contributed by atoms with E-state index in [1.165, 1.54) is 0 Å². The Morgan fingerprint density at radius 1 is 1.10 bits per heavy atom. The Bertz CT molecular complexity index is 1560. The largest absolute Gasteiger partial charge is 0.369 e. The number of nitriles is 1. The number of thiazole rings is 1. The first-order chi connectivity index (χ1) is 19.3. The summed E-state index contributed by atoms with van der Waals surface area (Å²) in [7, 11) is -2.95. The third kappa shape index (κ3) is 5.54. The van der Waals surface area contributed by atoms with Crippen molar-refractivity contribution in [3.05, 3.63) is 48.0 Å². The molecule has 0 radical (unpaired) electrons. The van der Waals surface area contributed by atoms with E-state index in [0.717, 1.165) is 71.0 Å². The Hall–Kier alpha value is -3.16. The van der Waals surface area contributed by atoms with Crippen molar-refractivity contribution >= 4 is 32.6 Å². The summed E-state index contributed by atoms with van der Waals surface area (Å²) in [6.45, 7) is 2.86. The quantitative estimate of drug-likeness (QED) is 0.370. The second kappa shape index (κ2) is 10.7. The fourth-order valence-corrected chi connectivity index (χ4v) is 8.37. The molecule has 2 atom stereocenters. The molecule has 2 aliphatic carbocycles. The fraction of sp³-hybridized carbons (Fsp3) is 0.500. The molecule has 6 rings (SSSR count). The molecular formula is C30H33N5O3S2. The number of sulfone groups is 1. The van der Waals surface area contributed by atoms with Gasteiger partial charge in [0.05, 0.1) is 33.6 Å². The zero-order chi connectivity index (χ0) is 27.9. The van der Waals surface area contributed by atoms with E-state index < -0.39 is 15.3 Å². The van der Waals surface area contributed by atoms with Gasteiger partial charge in [-0.15, -0.1) is 11.3 Å². The van der Waals surface area contributed by atoms with E-state index in [0.29, 0.717) is 25.3 Å². The molecule has 1 aromatic carbocycles. The summed E-state index contributed by atoms with van der Waals surface area (Å²) in [5, 5.41) is 10.4. The Balaban J connectivity index is 1.35. The highest BCUT2D eigenvalue weighted by atomic mass is 32.2. The van der Waals surface area contributed by atoms with Gasteiger partial charge in [0.2, 0.25) is 0 Å². The Labute approximate surface area is 239 Å². The molecule has 2 saturated carbocycles. The SMILES string of the molecule is Cc1nccc(-c2nc([C@@H]3CCCC[C@H]3C(=O)CC3(C#N)CC3)c(-c3ccc(N4CCS(=O)(=O)CC4)cc3)s2)n1. The summed E-state index contributed by atoms with van der Waals surface area (Å²) in [4.78, 5) is 30.8. The van der Waals surface area contributed by atoms with E-state index >= 15 is 0 Å². The standard InChI is InChI=1S/C30H33N5O3S2/c1-20-32-13-10-25(33-20)29-34-27(24-5-3-2-4-23(24)26(36)18-30(19-31)11-12-30)28(39-29)21-6-8-22(9-7-21)35-14-16-40(37,38)17-15-35/h6-10,13,23-24H,2-5,11-12,14-18H2,1H3/t23-,24-/m1/s1. The number of rotatable bonds is 7. The predicted octanol–water partition coefficient (Wildman–Crippen LogP) is 5.35. The molecule has 2 aromatic heterocycles. The summed E-state index contributed by atoms with van der Waals surface area (Å²) in [5.41, 5.74) is 3.32. The molecule has 0 spiro atoms. The average molecular weight is 576 g/mol. The van der Waals surface area contributed by atoms with Crippen LogP contribution in [0.15, 0.2) is 36.5 Å². The van der Waals surface area contributed by atoms with E-state index in [2.05, 4.69) is 45.2 Å². The maximum Gasteiger partial charge on any atom is 0.153 e. The molecule has 0 amide bonds. The molecule has 208 valence electrons. The van der Waals surface area contributed by atoms with Gasteiger partial charge in [-0.3, -0.25) is 4.79 Å². The van der Waals surface area contributed by atoms with Crippen LogP contribution < -0.4 is 4.90 Å². The third-order valence-corrected chi connectivity index (χ3v) is 11.4. The highest BCUT2D eigenvalue weighted by molar-refractivity contribution is 7.91. The number of aryl methyl sites for hydroxylation is 1. The molecule has 1 saturated heterocycles. The van der Waals surface area contributed by atoms with E-state index in [1.807, 2.05) is 13.0 Å². The Morgan fingerprint density at radius 2 is 1.82 bits per heavy atom. The van der Waals surface area contributed by atoms with Crippen LogP contribution in [0.25, 0.3) is 21.1 Å². The summed E-state index contributed by atoms with van der Waals surface area (Å²) in [6, 6.07) is 12.5. The lowest BCUT2D eigenvalue weighted by atomic mass is 9.73. The van der Waals surface area contributed by atoms with Crippen LogP contribution in [0.3, 0.4) is 0 Å². The van der Waals surface area contributed by atoms with Crippen molar-refractivity contribution in [1.82, 2.24) is 15.0 Å². The van der Waals surface area contributed by atoms with Gasteiger partial charge in [0.1, 0.15) is 22.3 Å². The second-order valence-electron chi connectivity index (χ2n) is 11.4. The number of anilines is 1. The van der Waals surface area contributed by atoms with Crippen molar-refractivity contribution < 1.29 is 13.2 Å². The third-order valence-electron chi connectivity index (χ3n) is 8.62. The molecule has 3 fully saturated rings. The molecule has 3 heterocycles. The van der Waals surface area contributed by atoms with Crippen LogP contribution in [0.4, 0.5) is 5.69 Å². The summed E-state index contributed by atoms with van der Waals surface area (Å²) in [6.07, 6.45) is 7.54. The van der Waals surface area contributed by atoms with Crippen molar-refractivity contribution in [2.45, 2.75) is 57.8 Å². The van der Waals surface area contributed by atoms with Crippen LogP contribution in [0.5, 0.6) is 0 Å². The number of Topliss-reactive ketones (excluding diaryl/α,β-unsaturated/α-hetero) is 1. The molecule has 8 nitrogen and oxygen atoms in total. The number of carbonyl (C=O) groups excluding carboxylic acids is 1. The number of hydrogen-bond donors (Lipinski definition) is 0. The van der Waals surface area contributed by atoms with Gasteiger partial charge < -0.3 is 4.90 Å². The minimum Gasteiger partial charge on any atom is -0.369 e. The van der Waals surface area contributed by atoms with E-state index in [9.17, 15) is 18.5 Å². The summed E-state index contributed by atoms with van der Waals surface area (Å²) >= 11 is 1.60. The van der Waals surface area contributed by atoms with E-state index in [-0.39, 0.29) is 29.1 Å². The van der Waals surface area contributed by atoms with E-state index in [1.54, 1.807) is 17.5 Å². The first-order valence-corrected chi connectivity index (χ1v) is 16.7. The predicted molar refractivity (Wildman–Crippen MR) is 156 cm³/mol. The van der Waals surface area contributed by atoms with E-state index in [4.69, 9.17) is 4.98 Å². The van der Waals surface area contributed by atoms with Crippen LogP contribution in [-0.4, -0.2) is 53.7 Å². The molecule has 3 aromatic rings. The number of aromatic nitrogens is 3. The first kappa shape index (κ1) is 27.0. The smallest absolute Gasteiger partial charge is 0.153 e. The number of nitrogens with zero attached hydrogens (tertiary/aromatic N) is 5. The van der Waals surface area contributed by atoms with Crippen LogP contribution >= 0.6 is 11.3 Å². The molecule has 40 heavy (non-hydrogen) atoms. The topological polar surface area (TPSA) is 117 Å². The maximum atomic E-state index is 13.6. The zero-order valence-electron chi connectivity index (χ0n) is 22.7. The van der Waals surface area contributed by atoms with Gasteiger partial charge in [0.25, 0.3) is 0 Å². The monoisotopic (exact) mass is 575 g/mol. The second-order valence-corrected chi connectivity index (χ2v) is 14.7. The lowest BCUT2D eigenvalue weighted by Gasteiger charge is -2.31. The molecule has 3 aliphatic rings. The molecule has 0 N–H and O–H groups in total. The van der Waals surface area contributed by atoms with Gasteiger partial charge in [-0.1, -0.05) is 25.0 Å². The van der Waals surface area contributed by atoms with Gasteiger partial charge in [0.15, 0.2) is 9.84 Å². The molecule has 0 unspecified atom stereocenters. The summed E-state index contributed by atoms with van der Waals surface area (Å²) in [5.74, 6) is 1.12. The number of ketones is 1. The van der Waals surface area contributed by atoms with Crippen LogP contribution in [-0.2, 0) is 14.6 Å². The van der Waals surface area contributed by atoms with Gasteiger partial charge >= 0.3 is 0 Å². The minimum absolute atomic E-state index is 0.00524. The van der Waals surface area contributed by atoms with Crippen molar-refractivity contribution in [2.75, 3.05) is 29.5 Å². The lowest BCUT2D eigenvalue weighted by molar-refractivity contribution is -0.125. The van der Waals surface area contributed by atoms with Crippen molar-refractivity contribution in [2.24, 2.45) is 11.3 Å². The highest BCUT2D eigenvalue weighted by Gasteiger charge is 2.47. The van der Waals surface area contributed by atoms with Crippen LogP contribution in [0.1, 0.15) is 62.4 Å². The van der Waals surface area contributed by atoms with Gasteiger partial charge in [-0.05, 0) is 56.4 Å². The van der Waals surface area contributed by atoms with Crippen molar-refractivity contribution in [3.63, 3.8) is 0 Å². The highest BCUT2D eigenvalue weighted by Crippen LogP contribution is 2.51. The number of benzene rings is 1. The van der Waals surface area contributed by atoms with Gasteiger partial charge in [-0.2, -0.15) is 5.26 Å². The van der Waals surface area contributed by atoms with Gasteiger partial charge in [0, 0.05) is 43.2 Å². The zero-order valence-corrected chi connectivity index (χ0v) is 24.3. The first-order valence-electron chi connectivity index (χ1n) is 14.1.